The molecule has 0 bridgehead atoms. The van der Waals surface area contributed by atoms with Crippen LogP contribution in [0.5, 0.6) is 5.75 Å². The summed E-state index contributed by atoms with van der Waals surface area (Å²) in [6, 6.07) is 0. The average molecular weight is 170 g/mol. The summed E-state index contributed by atoms with van der Waals surface area (Å²) in [6.45, 7) is 2.91. The van der Waals surface area contributed by atoms with E-state index >= 15 is 0 Å². The van der Waals surface area contributed by atoms with E-state index in [1.54, 1.807) is 0 Å². The van der Waals surface area contributed by atoms with Crippen molar-refractivity contribution in [3.05, 3.63) is 27.8 Å². The Bertz CT molecular complexity index is 337. The van der Waals surface area contributed by atoms with Crippen molar-refractivity contribution in [3.8, 4) is 5.75 Å². The summed E-state index contributed by atoms with van der Waals surface area (Å²) in [5, 5.41) is 18.2. The fraction of sp³-hybridized carbons (Fsp3) is 0.375. The van der Waals surface area contributed by atoms with Crippen LogP contribution in [-0.4, -0.2) is 10.2 Å². The fourth-order valence-corrected chi connectivity index (χ4v) is 0.846. The molecule has 0 saturated carbocycles. The highest BCUT2D eigenvalue weighted by molar-refractivity contribution is 5.27. The summed E-state index contributed by atoms with van der Waals surface area (Å²) in [5.74, 6) is -0.280. The summed E-state index contributed by atoms with van der Waals surface area (Å²) in [4.78, 5) is 11.2. The SMILES string of the molecule is Cc1occ(C(C)O)c(=O)c1O. The van der Waals surface area contributed by atoms with E-state index in [1.165, 1.54) is 13.8 Å². The highest BCUT2D eigenvalue weighted by atomic mass is 16.4. The van der Waals surface area contributed by atoms with Gasteiger partial charge < -0.3 is 14.6 Å². The van der Waals surface area contributed by atoms with Gasteiger partial charge in [0, 0.05) is 0 Å². The molecule has 2 N–H and O–H groups in total. The Morgan fingerprint density at radius 3 is 2.67 bits per heavy atom. The lowest BCUT2D eigenvalue weighted by atomic mass is 10.2. The summed E-state index contributed by atoms with van der Waals surface area (Å²) in [7, 11) is 0. The molecule has 1 aromatic rings. The van der Waals surface area contributed by atoms with Gasteiger partial charge in [0.2, 0.25) is 11.2 Å². The molecule has 0 amide bonds. The molecule has 4 nitrogen and oxygen atoms in total. The summed E-state index contributed by atoms with van der Waals surface area (Å²) >= 11 is 0. The van der Waals surface area contributed by atoms with Crippen molar-refractivity contribution in [1.29, 1.82) is 0 Å². The minimum Gasteiger partial charge on any atom is -0.502 e. The number of aromatic hydroxyl groups is 1. The van der Waals surface area contributed by atoms with Crippen LogP contribution < -0.4 is 5.43 Å². The first-order valence-electron chi connectivity index (χ1n) is 3.53. The van der Waals surface area contributed by atoms with Gasteiger partial charge in [-0.25, -0.2) is 0 Å². The van der Waals surface area contributed by atoms with Crippen molar-refractivity contribution < 1.29 is 14.6 Å². The summed E-state index contributed by atoms with van der Waals surface area (Å²) in [5.41, 5.74) is -0.508. The van der Waals surface area contributed by atoms with Crippen LogP contribution in [0.1, 0.15) is 24.4 Å². The third-order valence-electron chi connectivity index (χ3n) is 1.62. The van der Waals surface area contributed by atoms with Gasteiger partial charge >= 0.3 is 0 Å². The highest BCUT2D eigenvalue weighted by Crippen LogP contribution is 2.14. The van der Waals surface area contributed by atoms with Crippen LogP contribution in [0.4, 0.5) is 0 Å². The van der Waals surface area contributed by atoms with E-state index in [2.05, 4.69) is 0 Å². The number of hydrogen-bond donors (Lipinski definition) is 2. The number of aliphatic hydroxyl groups excluding tert-OH is 1. The van der Waals surface area contributed by atoms with Crippen molar-refractivity contribution in [2.24, 2.45) is 0 Å². The quantitative estimate of drug-likeness (QED) is 0.651. The average Bonchev–Trinajstić information content (AvgIpc) is 2.00. The van der Waals surface area contributed by atoms with E-state index < -0.39 is 17.3 Å². The predicted molar refractivity (Wildman–Crippen MR) is 42.0 cm³/mol. The molecule has 1 aromatic heterocycles. The maximum atomic E-state index is 11.2. The van der Waals surface area contributed by atoms with Gasteiger partial charge in [-0.3, -0.25) is 4.79 Å². The molecule has 4 heteroatoms. The second kappa shape index (κ2) is 2.98. The molecule has 0 aliphatic carbocycles. The first-order valence-corrected chi connectivity index (χ1v) is 3.53. The Morgan fingerprint density at radius 1 is 1.58 bits per heavy atom. The van der Waals surface area contributed by atoms with E-state index in [0.29, 0.717) is 0 Å². The van der Waals surface area contributed by atoms with Crippen LogP contribution in [-0.2, 0) is 0 Å². The number of aryl methyl sites for hydroxylation is 1. The third-order valence-corrected chi connectivity index (χ3v) is 1.62. The van der Waals surface area contributed by atoms with Gasteiger partial charge in [-0.05, 0) is 13.8 Å². The van der Waals surface area contributed by atoms with Crippen LogP contribution in [0, 0.1) is 6.92 Å². The van der Waals surface area contributed by atoms with Crippen LogP contribution in [0.25, 0.3) is 0 Å². The molecule has 66 valence electrons. The van der Waals surface area contributed by atoms with E-state index in [1.807, 2.05) is 0 Å². The molecular weight excluding hydrogens is 160 g/mol. The van der Waals surface area contributed by atoms with Gasteiger partial charge in [0.05, 0.1) is 11.7 Å². The molecule has 1 rings (SSSR count). The first kappa shape index (κ1) is 8.80. The van der Waals surface area contributed by atoms with Crippen molar-refractivity contribution in [2.75, 3.05) is 0 Å². The van der Waals surface area contributed by atoms with E-state index in [0.717, 1.165) is 6.26 Å². The van der Waals surface area contributed by atoms with Gasteiger partial charge in [0.25, 0.3) is 0 Å². The minimum atomic E-state index is -0.923. The van der Waals surface area contributed by atoms with Crippen LogP contribution in [0.2, 0.25) is 0 Å². The van der Waals surface area contributed by atoms with Gasteiger partial charge in [-0.2, -0.15) is 0 Å². The predicted octanol–water partition coefficient (Wildman–Crippen LogP) is 0.707. The lowest BCUT2D eigenvalue weighted by Gasteiger charge is -2.03. The Kier molecular flexibility index (Phi) is 2.19. The van der Waals surface area contributed by atoms with Gasteiger partial charge in [0.15, 0.2) is 0 Å². The zero-order valence-corrected chi connectivity index (χ0v) is 6.87. The molecule has 0 aliphatic rings. The molecule has 0 radical (unpaired) electrons. The topological polar surface area (TPSA) is 70.7 Å². The monoisotopic (exact) mass is 170 g/mol. The Morgan fingerprint density at radius 2 is 2.17 bits per heavy atom. The molecule has 0 aliphatic heterocycles. The second-order valence-corrected chi connectivity index (χ2v) is 2.60. The molecule has 0 saturated heterocycles. The molecule has 12 heavy (non-hydrogen) atoms. The van der Waals surface area contributed by atoms with Crippen LogP contribution in [0.15, 0.2) is 15.5 Å². The Labute approximate surface area is 69.1 Å². The van der Waals surface area contributed by atoms with Crippen LogP contribution >= 0.6 is 0 Å². The molecule has 1 unspecified atom stereocenters. The van der Waals surface area contributed by atoms with Gasteiger partial charge in [-0.1, -0.05) is 0 Å². The highest BCUT2D eigenvalue weighted by Gasteiger charge is 2.12. The smallest absolute Gasteiger partial charge is 0.232 e. The molecule has 0 fully saturated rings. The normalized spacial score (nSPS) is 12.9. The molecule has 0 aromatic carbocycles. The zero-order valence-electron chi connectivity index (χ0n) is 6.87. The molecular formula is C8H10O4. The van der Waals surface area contributed by atoms with Crippen molar-refractivity contribution in [1.82, 2.24) is 0 Å². The molecule has 1 atom stereocenters. The van der Waals surface area contributed by atoms with E-state index in [-0.39, 0.29) is 11.3 Å². The fourth-order valence-electron chi connectivity index (χ4n) is 0.846. The van der Waals surface area contributed by atoms with Crippen molar-refractivity contribution >= 4 is 0 Å². The number of aliphatic hydroxyl groups is 1. The van der Waals surface area contributed by atoms with Crippen LogP contribution in [0.3, 0.4) is 0 Å². The largest absolute Gasteiger partial charge is 0.502 e. The first-order chi connectivity index (χ1) is 5.54. The number of rotatable bonds is 1. The summed E-state index contributed by atoms with van der Waals surface area (Å²) < 4.78 is 4.82. The second-order valence-electron chi connectivity index (χ2n) is 2.60. The lowest BCUT2D eigenvalue weighted by molar-refractivity contribution is 0.193. The maximum absolute atomic E-state index is 11.2. The Hall–Kier alpha value is -1.29. The minimum absolute atomic E-state index is 0.0677. The maximum Gasteiger partial charge on any atom is 0.232 e. The van der Waals surface area contributed by atoms with Crippen molar-refractivity contribution in [2.45, 2.75) is 20.0 Å². The summed E-state index contributed by atoms with van der Waals surface area (Å²) in [6.07, 6.45) is 0.231. The van der Waals surface area contributed by atoms with E-state index in [4.69, 9.17) is 14.6 Å². The van der Waals surface area contributed by atoms with E-state index in [9.17, 15) is 4.79 Å². The molecule has 1 heterocycles. The standard InChI is InChI=1S/C8H10O4/c1-4(9)6-3-12-5(2)7(10)8(6)11/h3-4,9-10H,1-2H3. The lowest BCUT2D eigenvalue weighted by Crippen LogP contribution is -2.11. The van der Waals surface area contributed by atoms with Gasteiger partial charge in [0.1, 0.15) is 12.0 Å². The zero-order chi connectivity index (χ0) is 9.30. The van der Waals surface area contributed by atoms with Crippen molar-refractivity contribution in [3.63, 3.8) is 0 Å². The molecule has 0 spiro atoms. The number of hydrogen-bond acceptors (Lipinski definition) is 4. The third kappa shape index (κ3) is 1.33. The Balaban J connectivity index is 3.37. The van der Waals surface area contributed by atoms with Gasteiger partial charge in [-0.15, -0.1) is 0 Å².